The monoisotopic (exact) mass is 326 g/mol. The number of halogens is 1. The summed E-state index contributed by atoms with van der Waals surface area (Å²) in [5.41, 5.74) is 0.971. The van der Waals surface area contributed by atoms with Crippen molar-refractivity contribution in [3.05, 3.63) is 34.9 Å². The normalized spacial score (nSPS) is 20.3. The van der Waals surface area contributed by atoms with Crippen molar-refractivity contribution < 1.29 is 14.3 Å². The third kappa shape index (κ3) is 4.87. The van der Waals surface area contributed by atoms with Crippen molar-refractivity contribution >= 4 is 17.6 Å². The van der Waals surface area contributed by atoms with Gasteiger partial charge in [0.15, 0.2) is 0 Å². The Morgan fingerprint density at radius 2 is 2.23 bits per heavy atom. The molecule has 1 aliphatic rings. The van der Waals surface area contributed by atoms with Crippen LogP contribution in [0.25, 0.3) is 0 Å². The number of urea groups is 1. The molecule has 0 saturated carbocycles. The van der Waals surface area contributed by atoms with Crippen molar-refractivity contribution in [2.24, 2.45) is 0 Å². The summed E-state index contributed by atoms with van der Waals surface area (Å²) < 4.78 is 10.8. The molecule has 1 N–H and O–H groups in total. The van der Waals surface area contributed by atoms with E-state index in [1.165, 1.54) is 0 Å². The van der Waals surface area contributed by atoms with E-state index < -0.39 is 0 Å². The van der Waals surface area contributed by atoms with Gasteiger partial charge in [-0.15, -0.1) is 0 Å². The number of ether oxygens (including phenoxy) is 2. The summed E-state index contributed by atoms with van der Waals surface area (Å²) in [6, 6.07) is 7.14. The lowest BCUT2D eigenvalue weighted by Gasteiger charge is -2.26. The van der Waals surface area contributed by atoms with Crippen LogP contribution in [-0.2, 0) is 9.47 Å². The molecule has 1 heterocycles. The Kier molecular flexibility index (Phi) is 6.49. The number of benzene rings is 1. The van der Waals surface area contributed by atoms with E-state index in [9.17, 15) is 4.79 Å². The molecule has 2 atom stereocenters. The van der Waals surface area contributed by atoms with Gasteiger partial charge in [-0.1, -0.05) is 23.7 Å². The summed E-state index contributed by atoms with van der Waals surface area (Å²) in [5.74, 6) is 0. The molecule has 1 aromatic carbocycles. The quantitative estimate of drug-likeness (QED) is 0.925. The lowest BCUT2D eigenvalue weighted by Crippen LogP contribution is -2.45. The van der Waals surface area contributed by atoms with Crippen molar-refractivity contribution in [2.75, 3.05) is 33.4 Å². The molecule has 0 aliphatic carbocycles. The van der Waals surface area contributed by atoms with E-state index in [1.807, 2.05) is 31.2 Å². The topological polar surface area (TPSA) is 50.8 Å². The highest BCUT2D eigenvalue weighted by atomic mass is 35.5. The van der Waals surface area contributed by atoms with E-state index in [0.717, 1.165) is 12.0 Å². The van der Waals surface area contributed by atoms with Crippen LogP contribution >= 0.6 is 11.6 Å². The number of hydrogen-bond acceptors (Lipinski definition) is 3. The molecule has 6 heteroatoms. The molecule has 0 radical (unpaired) electrons. The summed E-state index contributed by atoms with van der Waals surface area (Å²) >= 11 is 5.91. The highest BCUT2D eigenvalue weighted by Crippen LogP contribution is 2.17. The number of hydrogen-bond donors (Lipinski definition) is 1. The second-order valence-electron chi connectivity index (χ2n) is 5.49. The fourth-order valence-electron chi connectivity index (χ4n) is 2.50. The summed E-state index contributed by atoms with van der Waals surface area (Å²) in [6.07, 6.45) is 0.915. The minimum atomic E-state index is -0.200. The molecule has 1 fully saturated rings. The molecule has 0 aromatic heterocycles. The van der Waals surface area contributed by atoms with E-state index in [2.05, 4.69) is 5.32 Å². The second-order valence-corrected chi connectivity index (χ2v) is 5.93. The fourth-order valence-corrected chi connectivity index (χ4v) is 2.63. The van der Waals surface area contributed by atoms with Crippen LogP contribution in [0, 0.1) is 0 Å². The van der Waals surface area contributed by atoms with Gasteiger partial charge >= 0.3 is 6.03 Å². The molecule has 22 heavy (non-hydrogen) atoms. The van der Waals surface area contributed by atoms with E-state index >= 15 is 0 Å². The van der Waals surface area contributed by atoms with E-state index in [1.54, 1.807) is 12.0 Å². The third-order valence-electron chi connectivity index (χ3n) is 3.64. The number of nitrogens with one attached hydrogen (secondary N) is 1. The summed E-state index contributed by atoms with van der Waals surface area (Å²) in [5, 5.41) is 3.71. The molecule has 0 unspecified atom stereocenters. The Bertz CT molecular complexity index is 481. The lowest BCUT2D eigenvalue weighted by atomic mass is 10.1. The molecule has 0 spiro atoms. The number of rotatable bonds is 4. The van der Waals surface area contributed by atoms with Gasteiger partial charge in [0.05, 0.1) is 18.8 Å². The van der Waals surface area contributed by atoms with Crippen LogP contribution in [0.5, 0.6) is 0 Å². The maximum atomic E-state index is 12.5. The molecular weight excluding hydrogens is 304 g/mol. The van der Waals surface area contributed by atoms with Gasteiger partial charge in [0.1, 0.15) is 0 Å². The van der Waals surface area contributed by atoms with Crippen LogP contribution in [0.1, 0.15) is 24.9 Å². The minimum Gasteiger partial charge on any atom is -0.382 e. The van der Waals surface area contributed by atoms with Gasteiger partial charge in [0.2, 0.25) is 0 Å². The number of amides is 2. The summed E-state index contributed by atoms with van der Waals surface area (Å²) in [4.78, 5) is 14.3. The minimum absolute atomic E-state index is 0.0599. The largest absolute Gasteiger partial charge is 0.382 e. The number of carbonyl (C=O) groups excluding carboxylic acids is 1. The predicted molar refractivity (Wildman–Crippen MR) is 86.2 cm³/mol. The predicted octanol–water partition coefficient (Wildman–Crippen LogP) is 2.85. The Morgan fingerprint density at radius 3 is 2.91 bits per heavy atom. The lowest BCUT2D eigenvalue weighted by molar-refractivity contribution is 0.0704. The Hall–Kier alpha value is -1.30. The van der Waals surface area contributed by atoms with Crippen molar-refractivity contribution in [3.63, 3.8) is 0 Å². The zero-order valence-electron chi connectivity index (χ0n) is 13.0. The Labute approximate surface area is 136 Å². The molecule has 1 saturated heterocycles. The first-order valence-corrected chi connectivity index (χ1v) is 7.89. The molecule has 1 aliphatic heterocycles. The molecule has 2 rings (SSSR count). The van der Waals surface area contributed by atoms with E-state index in [4.69, 9.17) is 21.1 Å². The first-order valence-electron chi connectivity index (χ1n) is 7.51. The van der Waals surface area contributed by atoms with Crippen LogP contribution in [0.2, 0.25) is 5.02 Å². The molecule has 1 aromatic rings. The number of nitrogens with zero attached hydrogens (tertiary/aromatic N) is 1. The van der Waals surface area contributed by atoms with Crippen LogP contribution < -0.4 is 5.32 Å². The molecule has 0 bridgehead atoms. The van der Waals surface area contributed by atoms with Crippen molar-refractivity contribution in [1.29, 1.82) is 0 Å². The number of carbonyl (C=O) groups is 1. The van der Waals surface area contributed by atoms with Crippen LogP contribution in [0.15, 0.2) is 24.3 Å². The second kappa shape index (κ2) is 8.36. The maximum Gasteiger partial charge on any atom is 0.318 e. The summed E-state index contributed by atoms with van der Waals surface area (Å²) in [7, 11) is 1.62. The average molecular weight is 327 g/mol. The van der Waals surface area contributed by atoms with Gasteiger partial charge in [-0.25, -0.2) is 4.79 Å². The van der Waals surface area contributed by atoms with Crippen LogP contribution in [0.4, 0.5) is 4.79 Å². The Balaban J connectivity index is 2.03. The van der Waals surface area contributed by atoms with E-state index in [0.29, 0.717) is 31.3 Å². The molecular formula is C16H23ClN2O3. The highest BCUT2D eigenvalue weighted by molar-refractivity contribution is 6.30. The summed E-state index contributed by atoms with van der Waals surface area (Å²) in [6.45, 7) is 4.40. The van der Waals surface area contributed by atoms with Gasteiger partial charge in [-0.3, -0.25) is 0 Å². The van der Waals surface area contributed by atoms with Gasteiger partial charge in [0, 0.05) is 31.8 Å². The van der Waals surface area contributed by atoms with Gasteiger partial charge in [-0.2, -0.15) is 0 Å². The first-order chi connectivity index (χ1) is 10.6. The molecule has 2 amide bonds. The zero-order valence-corrected chi connectivity index (χ0v) is 13.8. The van der Waals surface area contributed by atoms with Gasteiger partial charge < -0.3 is 19.7 Å². The Morgan fingerprint density at radius 1 is 1.50 bits per heavy atom. The highest BCUT2D eigenvalue weighted by Gasteiger charge is 2.22. The fraction of sp³-hybridized carbons (Fsp3) is 0.562. The number of methoxy groups -OCH3 is 1. The SMILES string of the molecule is COC[C@@H](NC(=O)N1CCCO[C@H](C)C1)c1ccc(Cl)cc1. The standard InChI is InChI=1S/C16H23ClN2O3/c1-12-10-19(8-3-9-22-12)16(20)18-15(11-21-2)13-4-6-14(17)7-5-13/h4-7,12,15H,3,8-11H2,1-2H3,(H,18,20)/t12-,15-/m1/s1. The average Bonchev–Trinajstić information content (AvgIpc) is 2.72. The third-order valence-corrected chi connectivity index (χ3v) is 3.89. The van der Waals surface area contributed by atoms with Crippen molar-refractivity contribution in [2.45, 2.75) is 25.5 Å². The molecule has 122 valence electrons. The first kappa shape index (κ1) is 17.1. The van der Waals surface area contributed by atoms with Crippen molar-refractivity contribution in [1.82, 2.24) is 10.2 Å². The van der Waals surface area contributed by atoms with Crippen LogP contribution in [-0.4, -0.2) is 50.4 Å². The zero-order chi connectivity index (χ0) is 15.9. The van der Waals surface area contributed by atoms with E-state index in [-0.39, 0.29) is 18.2 Å². The van der Waals surface area contributed by atoms with Crippen LogP contribution in [0.3, 0.4) is 0 Å². The molecule has 5 nitrogen and oxygen atoms in total. The van der Waals surface area contributed by atoms with Crippen molar-refractivity contribution in [3.8, 4) is 0 Å². The smallest absolute Gasteiger partial charge is 0.318 e. The maximum absolute atomic E-state index is 12.5. The van der Waals surface area contributed by atoms with Gasteiger partial charge in [-0.05, 0) is 31.0 Å². The van der Waals surface area contributed by atoms with Gasteiger partial charge in [0.25, 0.3) is 0 Å².